The van der Waals surface area contributed by atoms with E-state index in [2.05, 4.69) is 22.3 Å². The van der Waals surface area contributed by atoms with Crippen LogP contribution in [0.15, 0.2) is 66.7 Å². The largest absolute Gasteiger partial charge is 0.352 e. The topological polar surface area (TPSA) is 69.7 Å². The number of hydrogen-bond donors (Lipinski definition) is 1. The van der Waals surface area contributed by atoms with Crippen molar-refractivity contribution in [1.82, 2.24) is 15.1 Å². The van der Waals surface area contributed by atoms with E-state index in [0.717, 1.165) is 36.8 Å². The summed E-state index contributed by atoms with van der Waals surface area (Å²) in [6.45, 7) is 2.92. The number of nitrogens with one attached hydrogen (secondary N) is 1. The van der Waals surface area contributed by atoms with Gasteiger partial charge < -0.3 is 5.32 Å². The zero-order valence-corrected chi connectivity index (χ0v) is 18.5. The van der Waals surface area contributed by atoms with E-state index < -0.39 is 0 Å². The van der Waals surface area contributed by atoms with Crippen LogP contribution in [-0.2, 0) is 11.3 Å². The molecule has 1 saturated heterocycles. The van der Waals surface area contributed by atoms with Gasteiger partial charge in [-0.15, -0.1) is 0 Å². The third-order valence-corrected chi connectivity index (χ3v) is 6.53. The minimum Gasteiger partial charge on any atom is -0.352 e. The first kappa shape index (κ1) is 21.3. The van der Waals surface area contributed by atoms with E-state index in [9.17, 15) is 14.4 Å². The van der Waals surface area contributed by atoms with E-state index >= 15 is 0 Å². The summed E-state index contributed by atoms with van der Waals surface area (Å²) in [6.07, 6.45) is 1.67. The molecule has 3 amide bonds. The van der Waals surface area contributed by atoms with Gasteiger partial charge in [0.05, 0.1) is 0 Å². The first-order valence-electron chi connectivity index (χ1n) is 11.5. The van der Waals surface area contributed by atoms with Gasteiger partial charge in [-0.25, -0.2) is 0 Å². The molecule has 2 aliphatic rings. The molecule has 6 nitrogen and oxygen atoms in total. The molecule has 3 aromatic carbocycles. The van der Waals surface area contributed by atoms with E-state index in [1.165, 1.54) is 10.5 Å². The maximum atomic E-state index is 13.0. The maximum Gasteiger partial charge on any atom is 0.261 e. The van der Waals surface area contributed by atoms with Crippen molar-refractivity contribution in [1.29, 1.82) is 0 Å². The molecule has 1 N–H and O–H groups in total. The molecular weight excluding hydrogens is 414 g/mol. The molecule has 0 spiro atoms. The smallest absolute Gasteiger partial charge is 0.261 e. The van der Waals surface area contributed by atoms with Gasteiger partial charge >= 0.3 is 0 Å². The fourth-order valence-electron chi connectivity index (χ4n) is 4.92. The molecule has 0 saturated carbocycles. The summed E-state index contributed by atoms with van der Waals surface area (Å²) >= 11 is 0. The lowest BCUT2D eigenvalue weighted by Gasteiger charge is -2.27. The second kappa shape index (κ2) is 9.16. The summed E-state index contributed by atoms with van der Waals surface area (Å²) < 4.78 is 0. The molecular formula is C27H27N3O3. The van der Waals surface area contributed by atoms with Crippen molar-refractivity contribution in [3.05, 3.63) is 83.4 Å². The lowest BCUT2D eigenvalue weighted by atomic mass is 9.94. The average molecular weight is 442 g/mol. The van der Waals surface area contributed by atoms with Crippen molar-refractivity contribution < 1.29 is 14.4 Å². The van der Waals surface area contributed by atoms with E-state index in [-0.39, 0.29) is 36.7 Å². The zero-order chi connectivity index (χ0) is 22.8. The van der Waals surface area contributed by atoms with E-state index in [1.807, 2.05) is 42.5 Å². The molecule has 0 aromatic heterocycles. The van der Waals surface area contributed by atoms with Gasteiger partial charge in [0.1, 0.15) is 0 Å². The fraction of sp³-hybridized carbons (Fsp3) is 0.296. The van der Waals surface area contributed by atoms with Gasteiger partial charge in [0.15, 0.2) is 0 Å². The number of carbonyl (C=O) groups is 3. The summed E-state index contributed by atoms with van der Waals surface area (Å²) in [6, 6.07) is 21.5. The molecule has 168 valence electrons. The summed E-state index contributed by atoms with van der Waals surface area (Å²) in [7, 11) is 0. The van der Waals surface area contributed by atoms with Gasteiger partial charge in [-0.2, -0.15) is 0 Å². The molecule has 0 bridgehead atoms. The van der Waals surface area contributed by atoms with Crippen LogP contribution in [-0.4, -0.2) is 53.2 Å². The second-order valence-corrected chi connectivity index (χ2v) is 8.85. The first-order valence-corrected chi connectivity index (χ1v) is 11.5. The number of hydrogen-bond acceptors (Lipinski definition) is 4. The summed E-state index contributed by atoms with van der Waals surface area (Å²) in [5.41, 5.74) is 2.38. The fourth-order valence-corrected chi connectivity index (χ4v) is 4.92. The van der Waals surface area contributed by atoms with Crippen LogP contribution in [0.3, 0.4) is 0 Å². The molecule has 1 atom stereocenters. The number of benzene rings is 3. The third kappa shape index (κ3) is 4.39. The Morgan fingerprint density at radius 2 is 1.61 bits per heavy atom. The molecule has 2 heterocycles. The molecule has 2 aliphatic heterocycles. The van der Waals surface area contributed by atoms with Crippen molar-refractivity contribution in [2.75, 3.05) is 19.6 Å². The predicted octanol–water partition coefficient (Wildman–Crippen LogP) is 3.61. The highest BCUT2D eigenvalue weighted by molar-refractivity contribution is 6.25. The molecule has 0 aliphatic carbocycles. The average Bonchev–Trinajstić information content (AvgIpc) is 3.26. The Hall–Kier alpha value is -3.51. The van der Waals surface area contributed by atoms with Crippen LogP contribution >= 0.6 is 0 Å². The van der Waals surface area contributed by atoms with Crippen molar-refractivity contribution >= 4 is 28.5 Å². The van der Waals surface area contributed by atoms with E-state index in [1.54, 1.807) is 12.1 Å². The number of imide groups is 1. The lowest BCUT2D eigenvalue weighted by molar-refractivity contribution is -0.121. The molecule has 1 fully saturated rings. The van der Waals surface area contributed by atoms with Crippen LogP contribution in [0.4, 0.5) is 0 Å². The van der Waals surface area contributed by atoms with Crippen molar-refractivity contribution in [2.24, 2.45) is 0 Å². The Morgan fingerprint density at radius 3 is 2.30 bits per heavy atom. The van der Waals surface area contributed by atoms with Crippen LogP contribution in [0, 0.1) is 0 Å². The number of likely N-dealkylation sites (tertiary alicyclic amines) is 1. The van der Waals surface area contributed by atoms with Gasteiger partial charge in [0.25, 0.3) is 11.8 Å². The highest BCUT2D eigenvalue weighted by atomic mass is 16.2. The molecule has 0 radical (unpaired) electrons. The maximum absolute atomic E-state index is 13.0. The molecule has 1 unspecified atom stereocenters. The quantitative estimate of drug-likeness (QED) is 0.569. The molecule has 6 heteroatoms. The number of nitrogens with zero attached hydrogens (tertiary/aromatic N) is 2. The van der Waals surface area contributed by atoms with Crippen LogP contribution in [0.25, 0.3) is 10.8 Å². The predicted molar refractivity (Wildman–Crippen MR) is 127 cm³/mol. The van der Waals surface area contributed by atoms with Crippen LogP contribution in [0.1, 0.15) is 45.5 Å². The Bertz CT molecular complexity index is 1160. The van der Waals surface area contributed by atoms with Crippen molar-refractivity contribution in [3.8, 4) is 0 Å². The first-order chi connectivity index (χ1) is 16.1. The Balaban J connectivity index is 1.13. The van der Waals surface area contributed by atoms with Crippen LogP contribution < -0.4 is 5.32 Å². The van der Waals surface area contributed by atoms with Gasteiger partial charge in [0, 0.05) is 55.2 Å². The lowest BCUT2D eigenvalue weighted by Crippen LogP contribution is -2.41. The van der Waals surface area contributed by atoms with Gasteiger partial charge in [-0.05, 0) is 35.9 Å². The van der Waals surface area contributed by atoms with Crippen molar-refractivity contribution in [2.45, 2.75) is 31.8 Å². The normalized spacial score (nSPS) is 18.2. The van der Waals surface area contributed by atoms with Crippen LogP contribution in [0.5, 0.6) is 0 Å². The van der Waals surface area contributed by atoms with Gasteiger partial charge in [-0.3, -0.25) is 24.2 Å². The van der Waals surface area contributed by atoms with E-state index in [0.29, 0.717) is 17.5 Å². The Morgan fingerprint density at radius 1 is 0.909 bits per heavy atom. The van der Waals surface area contributed by atoms with Crippen molar-refractivity contribution in [3.63, 3.8) is 0 Å². The minimum atomic E-state index is -0.281. The molecule has 5 rings (SSSR count). The second-order valence-electron chi connectivity index (χ2n) is 8.85. The number of carbonyl (C=O) groups excluding carboxylic acids is 3. The SMILES string of the molecule is O=C(CCCN1C(=O)c2cccc3cccc(c23)C1=O)NC1CCN(Cc2ccccc2)C1. The highest BCUT2D eigenvalue weighted by Crippen LogP contribution is 2.30. The number of amides is 3. The molecule has 3 aromatic rings. The van der Waals surface area contributed by atoms with Gasteiger partial charge in [0.2, 0.25) is 5.91 Å². The summed E-state index contributed by atoms with van der Waals surface area (Å²) in [4.78, 5) is 42.0. The third-order valence-electron chi connectivity index (χ3n) is 6.53. The highest BCUT2D eigenvalue weighted by Gasteiger charge is 2.32. The standard InChI is InChI=1S/C27H27N3O3/c31-24(28-21-14-16-29(18-21)17-19-7-2-1-3-8-19)13-6-15-30-26(32)22-11-4-9-20-10-5-12-23(25(20)22)27(30)33/h1-5,7-12,21H,6,13-18H2,(H,28,31). The zero-order valence-electron chi connectivity index (χ0n) is 18.5. The molecule has 33 heavy (non-hydrogen) atoms. The minimum absolute atomic E-state index is 0.0269. The summed E-state index contributed by atoms with van der Waals surface area (Å²) in [5.74, 6) is -0.588. The van der Waals surface area contributed by atoms with E-state index in [4.69, 9.17) is 0 Å². The Kier molecular flexibility index (Phi) is 5.92. The monoisotopic (exact) mass is 441 g/mol. The Labute approximate surface area is 193 Å². The van der Waals surface area contributed by atoms with Gasteiger partial charge in [-0.1, -0.05) is 54.6 Å². The summed E-state index contributed by atoms with van der Waals surface area (Å²) in [5, 5.41) is 4.74. The van der Waals surface area contributed by atoms with Crippen LogP contribution in [0.2, 0.25) is 0 Å². The number of rotatable bonds is 7.